The van der Waals surface area contributed by atoms with Crippen LogP contribution in [0.5, 0.6) is 11.5 Å². The number of amides is 2. The van der Waals surface area contributed by atoms with E-state index in [4.69, 9.17) is 10.00 Å². The number of anilines is 1. The molecule has 0 unspecified atom stereocenters. The van der Waals surface area contributed by atoms with Gasteiger partial charge >= 0.3 is 0 Å². The molecule has 9 nitrogen and oxygen atoms in total. The summed E-state index contributed by atoms with van der Waals surface area (Å²) in [5.74, 6) is -0.875. The second kappa shape index (κ2) is 10.4. The van der Waals surface area contributed by atoms with Gasteiger partial charge in [0.05, 0.1) is 24.3 Å². The first-order chi connectivity index (χ1) is 17.4. The molecule has 0 saturated carbocycles. The van der Waals surface area contributed by atoms with Crippen molar-refractivity contribution in [3.63, 3.8) is 0 Å². The van der Waals surface area contributed by atoms with Gasteiger partial charge in [0.1, 0.15) is 17.1 Å². The van der Waals surface area contributed by atoms with Crippen LogP contribution in [0.2, 0.25) is 0 Å². The number of azo groups is 1. The van der Waals surface area contributed by atoms with Crippen molar-refractivity contribution in [2.75, 3.05) is 19.5 Å². The maximum absolute atomic E-state index is 13.1. The fourth-order valence-corrected chi connectivity index (χ4v) is 3.61. The number of hydrogen-bond acceptors (Lipinski definition) is 7. The van der Waals surface area contributed by atoms with Crippen LogP contribution in [0.4, 0.5) is 17.1 Å². The van der Waals surface area contributed by atoms with Crippen LogP contribution < -0.4 is 15.4 Å². The fraction of sp³-hybridized carbons (Fsp3) is 0.0741. The fourth-order valence-electron chi connectivity index (χ4n) is 3.61. The van der Waals surface area contributed by atoms with Crippen molar-refractivity contribution >= 4 is 39.6 Å². The van der Waals surface area contributed by atoms with E-state index >= 15 is 0 Å². The van der Waals surface area contributed by atoms with E-state index in [2.05, 4.69) is 20.9 Å². The summed E-state index contributed by atoms with van der Waals surface area (Å²) in [5.41, 5.74) is 1.48. The van der Waals surface area contributed by atoms with Gasteiger partial charge in [-0.2, -0.15) is 5.26 Å². The Morgan fingerprint density at radius 3 is 2.53 bits per heavy atom. The molecule has 0 fully saturated rings. The molecular weight excluding hydrogens is 458 g/mol. The zero-order chi connectivity index (χ0) is 25.7. The molecule has 0 saturated heterocycles. The number of ether oxygens (including phenoxy) is 1. The summed E-state index contributed by atoms with van der Waals surface area (Å²) in [6.07, 6.45) is 0. The van der Waals surface area contributed by atoms with Gasteiger partial charge < -0.3 is 20.5 Å². The number of carbonyl (C=O) groups excluding carboxylic acids is 2. The molecule has 2 amide bonds. The summed E-state index contributed by atoms with van der Waals surface area (Å²) >= 11 is 0. The Hall–Kier alpha value is -5.23. The average molecular weight is 479 g/mol. The third-order valence-corrected chi connectivity index (χ3v) is 5.42. The molecule has 0 bridgehead atoms. The lowest BCUT2D eigenvalue weighted by Gasteiger charge is -2.11. The average Bonchev–Trinajstić information content (AvgIpc) is 2.91. The Labute approximate surface area is 206 Å². The second-order valence-corrected chi connectivity index (χ2v) is 7.65. The standard InChI is InChI=1S/C27H21N5O4/c1-29-26(34)18-10-11-23(36-2)22(14-18)31-32-24-20-9-4-3-7-17(20)13-21(25(24)33)27(35)30-19-8-5-6-16(12-19)15-28/h3-14,33H,1-2H3,(H,29,34)(H,30,35). The number of fused-ring (bicyclic) bond motifs is 1. The number of rotatable bonds is 6. The molecule has 0 spiro atoms. The molecule has 0 aliphatic rings. The van der Waals surface area contributed by atoms with Gasteiger partial charge in [0.15, 0.2) is 5.75 Å². The molecule has 9 heteroatoms. The summed E-state index contributed by atoms with van der Waals surface area (Å²) < 4.78 is 5.33. The smallest absolute Gasteiger partial charge is 0.259 e. The van der Waals surface area contributed by atoms with Crippen LogP contribution in [-0.2, 0) is 0 Å². The normalized spacial score (nSPS) is 10.7. The van der Waals surface area contributed by atoms with Gasteiger partial charge in [0.2, 0.25) is 0 Å². The van der Waals surface area contributed by atoms with Crippen molar-refractivity contribution in [2.24, 2.45) is 10.2 Å². The summed E-state index contributed by atoms with van der Waals surface area (Å²) in [4.78, 5) is 25.1. The number of hydrogen-bond donors (Lipinski definition) is 3. The first-order valence-electron chi connectivity index (χ1n) is 10.8. The van der Waals surface area contributed by atoms with Crippen molar-refractivity contribution in [3.05, 3.63) is 89.5 Å². The van der Waals surface area contributed by atoms with Crippen LogP contribution in [-0.4, -0.2) is 31.1 Å². The molecule has 178 valence electrons. The van der Waals surface area contributed by atoms with Crippen molar-refractivity contribution in [2.45, 2.75) is 0 Å². The predicted molar refractivity (Wildman–Crippen MR) is 135 cm³/mol. The van der Waals surface area contributed by atoms with Gasteiger partial charge in [-0.3, -0.25) is 9.59 Å². The summed E-state index contributed by atoms with van der Waals surface area (Å²) in [6.45, 7) is 0. The number of carbonyl (C=O) groups is 2. The van der Waals surface area contributed by atoms with Gasteiger partial charge in [-0.15, -0.1) is 10.2 Å². The van der Waals surface area contributed by atoms with E-state index < -0.39 is 5.91 Å². The second-order valence-electron chi connectivity index (χ2n) is 7.65. The number of phenolic OH excluding ortho intramolecular Hbond substituents is 1. The monoisotopic (exact) mass is 479 g/mol. The molecule has 36 heavy (non-hydrogen) atoms. The van der Waals surface area contributed by atoms with Gasteiger partial charge in [-0.1, -0.05) is 30.3 Å². The molecule has 0 aliphatic heterocycles. The van der Waals surface area contributed by atoms with Crippen LogP contribution in [0.25, 0.3) is 10.8 Å². The Morgan fingerprint density at radius 2 is 1.78 bits per heavy atom. The number of phenols is 1. The highest BCUT2D eigenvalue weighted by Gasteiger charge is 2.19. The number of methoxy groups -OCH3 is 1. The van der Waals surface area contributed by atoms with Gasteiger partial charge in [-0.05, 0) is 47.9 Å². The summed E-state index contributed by atoms with van der Waals surface area (Å²) in [6, 6.07) is 21.8. The topological polar surface area (TPSA) is 136 Å². The first kappa shape index (κ1) is 23.9. The molecule has 3 N–H and O–H groups in total. The van der Waals surface area contributed by atoms with E-state index in [0.717, 1.165) is 0 Å². The van der Waals surface area contributed by atoms with E-state index in [1.165, 1.54) is 26.3 Å². The van der Waals surface area contributed by atoms with Crippen LogP contribution >= 0.6 is 0 Å². The van der Waals surface area contributed by atoms with E-state index in [1.807, 2.05) is 6.07 Å². The molecule has 0 atom stereocenters. The molecule has 4 rings (SSSR count). The molecule has 0 radical (unpaired) electrons. The number of nitrogens with one attached hydrogen (secondary N) is 2. The maximum atomic E-state index is 13.1. The van der Waals surface area contributed by atoms with Gasteiger partial charge in [-0.25, -0.2) is 0 Å². The van der Waals surface area contributed by atoms with Crippen molar-refractivity contribution in [1.29, 1.82) is 5.26 Å². The van der Waals surface area contributed by atoms with E-state index in [9.17, 15) is 14.7 Å². The number of benzene rings is 4. The van der Waals surface area contributed by atoms with Crippen molar-refractivity contribution in [1.82, 2.24) is 5.32 Å². The third kappa shape index (κ3) is 4.83. The number of nitriles is 1. The first-order valence-corrected chi connectivity index (χ1v) is 10.8. The quantitative estimate of drug-likeness (QED) is 0.316. The predicted octanol–water partition coefficient (Wildman–Crippen LogP) is 5.45. The van der Waals surface area contributed by atoms with Crippen LogP contribution in [0.1, 0.15) is 26.3 Å². The molecule has 4 aromatic rings. The molecule has 0 aromatic heterocycles. The largest absolute Gasteiger partial charge is 0.505 e. The molecular formula is C27H21N5O4. The minimum atomic E-state index is -0.580. The van der Waals surface area contributed by atoms with E-state index in [1.54, 1.807) is 60.7 Å². The van der Waals surface area contributed by atoms with Gasteiger partial charge in [0, 0.05) is 23.7 Å². The van der Waals surface area contributed by atoms with E-state index in [-0.39, 0.29) is 28.6 Å². The Balaban J connectivity index is 1.79. The summed E-state index contributed by atoms with van der Waals surface area (Å²) in [7, 11) is 2.98. The van der Waals surface area contributed by atoms with E-state index in [0.29, 0.717) is 33.3 Å². The third-order valence-electron chi connectivity index (χ3n) is 5.42. The van der Waals surface area contributed by atoms with Crippen molar-refractivity contribution < 1.29 is 19.4 Å². The molecule has 0 heterocycles. The van der Waals surface area contributed by atoms with Crippen LogP contribution in [0.15, 0.2) is 83.0 Å². The van der Waals surface area contributed by atoms with Crippen LogP contribution in [0.3, 0.4) is 0 Å². The van der Waals surface area contributed by atoms with Gasteiger partial charge in [0.25, 0.3) is 11.8 Å². The lowest BCUT2D eigenvalue weighted by Crippen LogP contribution is -2.17. The highest BCUT2D eigenvalue weighted by Crippen LogP contribution is 2.40. The molecule has 0 aliphatic carbocycles. The molecule has 4 aromatic carbocycles. The Kier molecular flexibility index (Phi) is 6.88. The zero-order valence-corrected chi connectivity index (χ0v) is 19.4. The lowest BCUT2D eigenvalue weighted by molar-refractivity contribution is 0.0962. The number of nitrogens with zero attached hydrogens (tertiary/aromatic N) is 3. The Bertz CT molecular complexity index is 1560. The Morgan fingerprint density at radius 1 is 0.972 bits per heavy atom. The summed E-state index contributed by atoms with van der Waals surface area (Å²) in [5, 5.41) is 35.1. The SMILES string of the molecule is CNC(=O)c1ccc(OC)c(N=Nc2c(O)c(C(=O)Nc3cccc(C#N)c3)cc3ccccc23)c1. The highest BCUT2D eigenvalue weighted by molar-refractivity contribution is 6.11. The minimum absolute atomic E-state index is 0.0175. The highest BCUT2D eigenvalue weighted by atomic mass is 16.5. The minimum Gasteiger partial charge on any atom is -0.505 e. The number of aromatic hydroxyl groups is 1. The maximum Gasteiger partial charge on any atom is 0.259 e. The lowest BCUT2D eigenvalue weighted by atomic mass is 10.0. The van der Waals surface area contributed by atoms with Crippen molar-refractivity contribution in [3.8, 4) is 17.6 Å². The van der Waals surface area contributed by atoms with Crippen LogP contribution in [0, 0.1) is 11.3 Å². The zero-order valence-electron chi connectivity index (χ0n) is 19.4.